The summed E-state index contributed by atoms with van der Waals surface area (Å²) in [6, 6.07) is 5.55. The first kappa shape index (κ1) is 23.7. The van der Waals surface area contributed by atoms with E-state index >= 15 is 0 Å². The fraction of sp³-hybridized carbons (Fsp3) is 0.455. The second-order valence-corrected chi connectivity index (χ2v) is 11.5. The number of aromatic amines is 1. The van der Waals surface area contributed by atoms with E-state index in [4.69, 9.17) is 15.2 Å². The minimum Gasteiger partial charge on any atom is -0.486 e. The predicted octanol–water partition coefficient (Wildman–Crippen LogP) is 2.48. The first-order chi connectivity index (χ1) is 16.8. The van der Waals surface area contributed by atoms with E-state index in [2.05, 4.69) is 26.0 Å². The summed E-state index contributed by atoms with van der Waals surface area (Å²) in [6.07, 6.45) is 5.07. The number of sulfonamides is 1. The average Bonchev–Trinajstić information content (AvgIpc) is 3.25. The van der Waals surface area contributed by atoms with E-state index in [1.54, 1.807) is 16.4 Å². The number of nitrogens with one attached hydrogen (secondary N) is 1. The predicted molar refractivity (Wildman–Crippen MR) is 130 cm³/mol. The molecule has 1 unspecified atom stereocenters. The zero-order valence-electron chi connectivity index (χ0n) is 19.2. The number of hydrogen-bond donors (Lipinski definition) is 2. The molecule has 2 aliphatic heterocycles. The van der Waals surface area contributed by atoms with Gasteiger partial charge in [0.05, 0.1) is 11.8 Å². The Labute approximate surface area is 207 Å². The van der Waals surface area contributed by atoms with Crippen LogP contribution < -0.4 is 15.2 Å². The SMILES string of the molecule is CS(=O)(=O)N1CCCCC1CCc1nc(N)c2[nH]c(Sc3cc4c(cc3C#N)OCCO4)nc2n1. The molecule has 3 aromatic rings. The van der Waals surface area contributed by atoms with E-state index in [0.717, 1.165) is 19.3 Å². The molecule has 0 radical (unpaired) electrons. The Hall–Kier alpha value is -3.08. The van der Waals surface area contributed by atoms with E-state index in [1.807, 2.05) is 0 Å². The number of H-pyrrole nitrogens is 1. The van der Waals surface area contributed by atoms with Gasteiger partial charge >= 0.3 is 0 Å². The summed E-state index contributed by atoms with van der Waals surface area (Å²) in [5.74, 6) is 1.93. The molecule has 2 aliphatic rings. The molecule has 5 rings (SSSR count). The van der Waals surface area contributed by atoms with E-state index in [0.29, 0.717) is 76.7 Å². The summed E-state index contributed by atoms with van der Waals surface area (Å²) in [7, 11) is -3.25. The van der Waals surface area contributed by atoms with Crippen LogP contribution in [0.15, 0.2) is 22.2 Å². The van der Waals surface area contributed by atoms with E-state index in [-0.39, 0.29) is 11.9 Å². The quantitative estimate of drug-likeness (QED) is 0.499. The zero-order valence-corrected chi connectivity index (χ0v) is 20.8. The van der Waals surface area contributed by atoms with Gasteiger partial charge in [-0.15, -0.1) is 0 Å². The molecule has 1 aromatic carbocycles. The van der Waals surface area contributed by atoms with Gasteiger partial charge in [-0.25, -0.2) is 23.4 Å². The highest BCUT2D eigenvalue weighted by Crippen LogP contribution is 2.39. The van der Waals surface area contributed by atoms with Crippen LogP contribution >= 0.6 is 11.8 Å². The first-order valence-corrected chi connectivity index (χ1v) is 14.0. The van der Waals surface area contributed by atoms with Gasteiger partial charge in [0, 0.05) is 30.0 Å². The minimum atomic E-state index is -3.25. The van der Waals surface area contributed by atoms with E-state index in [1.165, 1.54) is 18.0 Å². The van der Waals surface area contributed by atoms with Crippen molar-refractivity contribution in [1.29, 1.82) is 5.26 Å². The summed E-state index contributed by atoms with van der Waals surface area (Å²) in [6.45, 7) is 1.45. The summed E-state index contributed by atoms with van der Waals surface area (Å²) < 4.78 is 37.1. The number of aromatic nitrogens is 4. The van der Waals surface area contributed by atoms with Crippen molar-refractivity contribution in [3.63, 3.8) is 0 Å². The van der Waals surface area contributed by atoms with Crippen LogP contribution in [0.3, 0.4) is 0 Å². The average molecular weight is 516 g/mol. The maximum Gasteiger partial charge on any atom is 0.211 e. The summed E-state index contributed by atoms with van der Waals surface area (Å²) in [4.78, 5) is 17.3. The molecule has 0 amide bonds. The molecule has 13 heteroatoms. The number of imidazole rings is 1. The van der Waals surface area contributed by atoms with Crippen molar-refractivity contribution in [3.8, 4) is 17.6 Å². The Morgan fingerprint density at radius 3 is 2.74 bits per heavy atom. The van der Waals surface area contributed by atoms with Crippen molar-refractivity contribution in [3.05, 3.63) is 23.5 Å². The van der Waals surface area contributed by atoms with Gasteiger partial charge in [-0.3, -0.25) is 0 Å². The number of rotatable bonds is 6. The van der Waals surface area contributed by atoms with Crippen LogP contribution in [-0.2, 0) is 16.4 Å². The third-order valence-corrected chi connectivity index (χ3v) is 8.35. The van der Waals surface area contributed by atoms with Crippen LogP contribution in [0, 0.1) is 11.3 Å². The number of anilines is 1. The topological polar surface area (TPSA) is 160 Å². The highest BCUT2D eigenvalue weighted by Gasteiger charge is 2.29. The smallest absolute Gasteiger partial charge is 0.211 e. The summed E-state index contributed by atoms with van der Waals surface area (Å²) in [5, 5.41) is 10.1. The number of ether oxygens (including phenoxy) is 2. The van der Waals surface area contributed by atoms with Gasteiger partial charge in [0.25, 0.3) is 0 Å². The normalized spacial score (nSPS) is 18.5. The number of piperidine rings is 1. The fourth-order valence-electron chi connectivity index (χ4n) is 4.45. The van der Waals surface area contributed by atoms with Crippen LogP contribution in [0.1, 0.15) is 37.1 Å². The largest absolute Gasteiger partial charge is 0.486 e. The molecule has 0 aliphatic carbocycles. The Bertz CT molecular complexity index is 1420. The van der Waals surface area contributed by atoms with Crippen LogP contribution in [0.2, 0.25) is 0 Å². The summed E-state index contributed by atoms with van der Waals surface area (Å²) >= 11 is 1.27. The van der Waals surface area contributed by atoms with Crippen molar-refractivity contribution in [2.75, 3.05) is 31.7 Å². The van der Waals surface area contributed by atoms with Gasteiger partial charge in [0.2, 0.25) is 10.0 Å². The van der Waals surface area contributed by atoms with Gasteiger partial charge < -0.3 is 20.2 Å². The molecule has 1 atom stereocenters. The van der Waals surface area contributed by atoms with E-state index in [9.17, 15) is 13.7 Å². The number of fused-ring (bicyclic) bond motifs is 2. The van der Waals surface area contributed by atoms with Crippen molar-refractivity contribution in [2.24, 2.45) is 0 Å². The van der Waals surface area contributed by atoms with Gasteiger partial charge in [-0.05, 0) is 25.3 Å². The van der Waals surface area contributed by atoms with Crippen molar-refractivity contribution in [1.82, 2.24) is 24.2 Å². The highest BCUT2D eigenvalue weighted by molar-refractivity contribution is 7.99. The van der Waals surface area contributed by atoms with Crippen LogP contribution in [-0.4, -0.2) is 64.7 Å². The van der Waals surface area contributed by atoms with Crippen LogP contribution in [0.25, 0.3) is 11.2 Å². The lowest BCUT2D eigenvalue weighted by atomic mass is 10.0. The van der Waals surface area contributed by atoms with Crippen LogP contribution in [0.4, 0.5) is 5.82 Å². The third kappa shape index (κ3) is 5.00. The number of aryl methyl sites for hydroxylation is 1. The number of benzene rings is 1. The zero-order chi connectivity index (χ0) is 24.6. The minimum absolute atomic E-state index is 0.0656. The maximum absolute atomic E-state index is 12.1. The van der Waals surface area contributed by atoms with Crippen LogP contribution in [0.5, 0.6) is 11.5 Å². The second-order valence-electron chi connectivity index (χ2n) is 8.53. The molecule has 2 aromatic heterocycles. The highest BCUT2D eigenvalue weighted by atomic mass is 32.2. The van der Waals surface area contributed by atoms with Crippen molar-refractivity contribution >= 4 is 38.8 Å². The number of nitrogen functional groups attached to an aromatic ring is 1. The molecular formula is C22H25N7O4S2. The Morgan fingerprint density at radius 2 is 2.00 bits per heavy atom. The molecule has 0 saturated carbocycles. The molecule has 0 bridgehead atoms. The molecule has 1 fully saturated rings. The Balaban J connectivity index is 1.36. The molecule has 184 valence electrons. The number of nitrogens with zero attached hydrogens (tertiary/aromatic N) is 5. The number of nitriles is 1. The standard InChI is InChI=1S/C22H25N7O4S2/c1-35(30,31)29-7-3-2-4-14(29)5-6-18-25-20(24)19-21(26-18)28-22(27-19)34-17-11-16-15(10-13(17)12-23)32-8-9-33-16/h10-11,14H,2-9H2,1H3,(H3,24,25,26,27,28). The molecule has 0 spiro atoms. The monoisotopic (exact) mass is 515 g/mol. The van der Waals surface area contributed by atoms with Gasteiger partial charge in [-0.1, -0.05) is 18.2 Å². The number of hydrogen-bond acceptors (Lipinski definition) is 10. The molecule has 1 saturated heterocycles. The number of nitrogens with two attached hydrogens (primary N) is 1. The lowest BCUT2D eigenvalue weighted by molar-refractivity contribution is 0.171. The van der Waals surface area contributed by atoms with Gasteiger partial charge in [0.1, 0.15) is 30.6 Å². The lowest BCUT2D eigenvalue weighted by Crippen LogP contribution is -2.43. The maximum atomic E-state index is 12.1. The molecule has 35 heavy (non-hydrogen) atoms. The molecule has 3 N–H and O–H groups in total. The van der Waals surface area contributed by atoms with E-state index < -0.39 is 10.0 Å². The van der Waals surface area contributed by atoms with Crippen molar-refractivity contribution in [2.45, 2.75) is 48.2 Å². The molecular weight excluding hydrogens is 490 g/mol. The Morgan fingerprint density at radius 1 is 1.23 bits per heavy atom. The van der Waals surface area contributed by atoms with Crippen molar-refractivity contribution < 1.29 is 17.9 Å². The second kappa shape index (κ2) is 9.52. The Kier molecular flexibility index (Phi) is 6.43. The first-order valence-electron chi connectivity index (χ1n) is 11.3. The van der Waals surface area contributed by atoms with Gasteiger partial charge in [-0.2, -0.15) is 9.57 Å². The fourth-order valence-corrected chi connectivity index (χ4v) is 6.53. The van der Waals surface area contributed by atoms with Gasteiger partial charge in [0.15, 0.2) is 28.1 Å². The lowest BCUT2D eigenvalue weighted by Gasteiger charge is -2.33. The molecule has 4 heterocycles. The third-order valence-electron chi connectivity index (χ3n) is 6.08. The molecule has 11 nitrogen and oxygen atoms in total. The summed E-state index contributed by atoms with van der Waals surface area (Å²) in [5.41, 5.74) is 7.58.